The van der Waals surface area contributed by atoms with Crippen LogP contribution in [0.15, 0.2) is 12.1 Å². The predicted molar refractivity (Wildman–Crippen MR) is 87.1 cm³/mol. The van der Waals surface area contributed by atoms with Crippen LogP contribution in [0, 0.1) is 13.8 Å². The van der Waals surface area contributed by atoms with Gasteiger partial charge in [0.15, 0.2) is 0 Å². The van der Waals surface area contributed by atoms with Crippen LogP contribution in [0.25, 0.3) is 0 Å². The maximum absolute atomic E-state index is 12.2. The third kappa shape index (κ3) is 3.24. The van der Waals surface area contributed by atoms with Crippen molar-refractivity contribution in [3.63, 3.8) is 0 Å². The first-order valence-electron chi connectivity index (χ1n) is 6.79. The molecule has 0 aliphatic rings. The van der Waals surface area contributed by atoms with E-state index in [2.05, 4.69) is 8.75 Å². The van der Waals surface area contributed by atoms with Gasteiger partial charge >= 0.3 is 0 Å². The van der Waals surface area contributed by atoms with Crippen molar-refractivity contribution in [3.05, 3.63) is 39.7 Å². The summed E-state index contributed by atoms with van der Waals surface area (Å²) in [6, 6.07) is 3.83. The first-order chi connectivity index (χ1) is 9.95. The minimum Gasteiger partial charge on any atom is -0.306 e. The molecule has 1 aromatic carbocycles. The number of amides is 1. The number of halogens is 1. The summed E-state index contributed by atoms with van der Waals surface area (Å²) in [6.45, 7) is 7.93. The summed E-state index contributed by atoms with van der Waals surface area (Å²) in [6.07, 6.45) is 0.772. The Kier molecular flexibility index (Phi) is 4.96. The van der Waals surface area contributed by atoms with Crippen LogP contribution < -0.4 is 4.90 Å². The van der Waals surface area contributed by atoms with Crippen LogP contribution in [0.5, 0.6) is 0 Å². The van der Waals surface area contributed by atoms with Gasteiger partial charge < -0.3 is 4.90 Å². The van der Waals surface area contributed by atoms with Crippen molar-refractivity contribution >= 4 is 34.9 Å². The number of benzene rings is 1. The fourth-order valence-corrected chi connectivity index (χ4v) is 3.17. The molecule has 0 atom stereocenters. The molecule has 0 aliphatic heterocycles. The van der Waals surface area contributed by atoms with E-state index in [1.165, 1.54) is 11.7 Å². The van der Waals surface area contributed by atoms with Crippen LogP contribution in [0.3, 0.4) is 0 Å². The lowest BCUT2D eigenvalue weighted by molar-refractivity contribution is -0.116. The van der Waals surface area contributed by atoms with Gasteiger partial charge in [-0.1, -0.05) is 24.6 Å². The Balaban J connectivity index is 2.51. The highest BCUT2D eigenvalue weighted by atomic mass is 35.5. The van der Waals surface area contributed by atoms with Gasteiger partial charge in [-0.25, -0.2) is 0 Å². The van der Waals surface area contributed by atoms with E-state index in [1.807, 2.05) is 32.9 Å². The third-order valence-electron chi connectivity index (χ3n) is 3.49. The molecule has 0 saturated carbocycles. The standard InChI is InChI=1S/C15H18ClN3OS/c1-5-12-13(16)7-6-9(2)15(12)19(11(4)20)8-14-10(3)17-21-18-14/h6-7H,5,8H2,1-4H3. The van der Waals surface area contributed by atoms with E-state index < -0.39 is 0 Å². The second-order valence-corrected chi connectivity index (χ2v) is 5.88. The molecule has 0 aliphatic carbocycles. The van der Waals surface area contributed by atoms with Crippen molar-refractivity contribution in [1.29, 1.82) is 0 Å². The molecular weight excluding hydrogens is 306 g/mol. The van der Waals surface area contributed by atoms with Gasteiger partial charge in [-0.15, -0.1) is 0 Å². The smallest absolute Gasteiger partial charge is 0.224 e. The van der Waals surface area contributed by atoms with Crippen LogP contribution in [-0.4, -0.2) is 14.7 Å². The number of aryl methyl sites for hydroxylation is 2. The van der Waals surface area contributed by atoms with Crippen LogP contribution in [0.4, 0.5) is 5.69 Å². The largest absolute Gasteiger partial charge is 0.306 e. The first-order valence-corrected chi connectivity index (χ1v) is 7.90. The molecule has 0 fully saturated rings. The highest BCUT2D eigenvalue weighted by Gasteiger charge is 2.21. The highest BCUT2D eigenvalue weighted by Crippen LogP contribution is 2.33. The van der Waals surface area contributed by atoms with Gasteiger partial charge in [0.05, 0.1) is 35.3 Å². The van der Waals surface area contributed by atoms with Gasteiger partial charge in [0, 0.05) is 11.9 Å². The summed E-state index contributed by atoms with van der Waals surface area (Å²) in [5.74, 6) is -0.0255. The molecule has 0 saturated heterocycles. The normalized spacial score (nSPS) is 10.7. The zero-order chi connectivity index (χ0) is 15.6. The topological polar surface area (TPSA) is 46.1 Å². The molecule has 1 heterocycles. The lowest BCUT2D eigenvalue weighted by atomic mass is 10.0. The molecule has 6 heteroatoms. The fraction of sp³-hybridized carbons (Fsp3) is 0.400. The quantitative estimate of drug-likeness (QED) is 0.856. The Labute approximate surface area is 134 Å². The van der Waals surface area contributed by atoms with Gasteiger partial charge in [-0.2, -0.15) is 8.75 Å². The lowest BCUT2D eigenvalue weighted by Gasteiger charge is -2.26. The Morgan fingerprint density at radius 1 is 1.33 bits per heavy atom. The van der Waals surface area contributed by atoms with Crippen molar-refractivity contribution in [2.75, 3.05) is 4.90 Å². The summed E-state index contributed by atoms with van der Waals surface area (Å²) < 4.78 is 8.45. The van der Waals surface area contributed by atoms with E-state index in [0.717, 1.165) is 34.6 Å². The molecular formula is C15H18ClN3OS. The van der Waals surface area contributed by atoms with Crippen LogP contribution in [0.1, 0.15) is 36.4 Å². The molecule has 21 heavy (non-hydrogen) atoms. The summed E-state index contributed by atoms with van der Waals surface area (Å²) in [4.78, 5) is 13.9. The SMILES string of the molecule is CCc1c(Cl)ccc(C)c1N(Cc1nsnc1C)C(C)=O. The monoisotopic (exact) mass is 323 g/mol. The van der Waals surface area contributed by atoms with E-state index >= 15 is 0 Å². The van der Waals surface area contributed by atoms with Crippen molar-refractivity contribution in [2.24, 2.45) is 0 Å². The number of rotatable bonds is 4. The Morgan fingerprint density at radius 3 is 2.57 bits per heavy atom. The number of nitrogens with zero attached hydrogens (tertiary/aromatic N) is 3. The number of carbonyl (C=O) groups is 1. The van der Waals surface area contributed by atoms with E-state index in [4.69, 9.17) is 11.6 Å². The molecule has 0 unspecified atom stereocenters. The average Bonchev–Trinajstić information content (AvgIpc) is 2.84. The molecule has 112 valence electrons. The number of carbonyl (C=O) groups excluding carboxylic acids is 1. The molecule has 1 amide bonds. The number of aromatic nitrogens is 2. The van der Waals surface area contributed by atoms with E-state index in [1.54, 1.807) is 11.8 Å². The zero-order valence-corrected chi connectivity index (χ0v) is 14.2. The molecule has 0 spiro atoms. The number of hydrogen-bond acceptors (Lipinski definition) is 4. The van der Waals surface area contributed by atoms with Gasteiger partial charge in [0.2, 0.25) is 5.91 Å². The second kappa shape index (κ2) is 6.54. The fourth-order valence-electron chi connectivity index (χ4n) is 2.33. The van der Waals surface area contributed by atoms with Crippen molar-refractivity contribution in [2.45, 2.75) is 40.7 Å². The van der Waals surface area contributed by atoms with Crippen LogP contribution >= 0.6 is 23.3 Å². The zero-order valence-electron chi connectivity index (χ0n) is 12.6. The Bertz CT molecular complexity index is 669. The Hall–Kier alpha value is -1.46. The molecule has 0 N–H and O–H groups in total. The number of anilines is 1. The van der Waals surface area contributed by atoms with Crippen molar-refractivity contribution < 1.29 is 4.79 Å². The minimum atomic E-state index is -0.0255. The summed E-state index contributed by atoms with van der Waals surface area (Å²) in [5.41, 5.74) is 4.62. The average molecular weight is 324 g/mol. The van der Waals surface area contributed by atoms with Gasteiger partial charge in [-0.3, -0.25) is 4.79 Å². The molecule has 0 bridgehead atoms. The minimum absolute atomic E-state index is 0.0255. The molecule has 0 radical (unpaired) electrons. The maximum Gasteiger partial charge on any atom is 0.224 e. The Morgan fingerprint density at radius 2 is 2.05 bits per heavy atom. The summed E-state index contributed by atoms with van der Waals surface area (Å²) in [7, 11) is 0. The van der Waals surface area contributed by atoms with Crippen molar-refractivity contribution in [1.82, 2.24) is 8.75 Å². The van der Waals surface area contributed by atoms with Crippen molar-refractivity contribution in [3.8, 4) is 0 Å². The molecule has 2 rings (SSSR count). The van der Waals surface area contributed by atoms with E-state index in [9.17, 15) is 4.79 Å². The van der Waals surface area contributed by atoms with Gasteiger partial charge in [-0.05, 0) is 37.5 Å². The highest BCUT2D eigenvalue weighted by molar-refractivity contribution is 6.99. The number of hydrogen-bond donors (Lipinski definition) is 0. The summed E-state index contributed by atoms with van der Waals surface area (Å²) >= 11 is 7.47. The van der Waals surface area contributed by atoms with Crippen LogP contribution in [0.2, 0.25) is 5.02 Å². The lowest BCUT2D eigenvalue weighted by Crippen LogP contribution is -2.30. The molecule has 4 nitrogen and oxygen atoms in total. The summed E-state index contributed by atoms with van der Waals surface area (Å²) in [5, 5.41) is 0.692. The molecule has 2 aromatic rings. The van der Waals surface area contributed by atoms with E-state index in [-0.39, 0.29) is 5.91 Å². The molecule has 1 aromatic heterocycles. The third-order valence-corrected chi connectivity index (χ3v) is 4.50. The van der Waals surface area contributed by atoms with Gasteiger partial charge in [0.25, 0.3) is 0 Å². The first kappa shape index (κ1) is 15.9. The maximum atomic E-state index is 12.2. The predicted octanol–water partition coefficient (Wildman–Crippen LogP) is 3.92. The second-order valence-electron chi connectivity index (χ2n) is 4.95. The van der Waals surface area contributed by atoms with E-state index in [0.29, 0.717) is 11.6 Å². The van der Waals surface area contributed by atoms with Gasteiger partial charge in [0.1, 0.15) is 0 Å². The van der Waals surface area contributed by atoms with Crippen LogP contribution in [-0.2, 0) is 17.8 Å².